The second-order valence-electron chi connectivity index (χ2n) is 10.9. The number of esters is 1. The van der Waals surface area contributed by atoms with Crippen LogP contribution >= 0.6 is 0 Å². The minimum absolute atomic E-state index is 0.0220. The number of benzene rings is 3. The Morgan fingerprint density at radius 1 is 0.767 bits per heavy atom. The SMILES string of the molecule is C[C@@H]1O[C@@H](O[C@H]2Cc3c(O)cc4c(c3O[C@@H]2c2ccc(O)c(O)c2)[C@H](c2ccc(O)c(O)c2)CC(=O)O4)[C@H](O)[C@H](O)[C@H]1O. The molecule has 8 atom stereocenters. The van der Waals surface area contributed by atoms with Crippen LogP contribution in [0.4, 0.5) is 0 Å². The molecule has 3 heterocycles. The van der Waals surface area contributed by atoms with Gasteiger partial charge in [0.05, 0.1) is 12.5 Å². The van der Waals surface area contributed by atoms with Crippen molar-refractivity contribution in [1.82, 2.24) is 0 Å². The predicted octanol–water partition coefficient (Wildman–Crippen LogP) is 1.54. The van der Waals surface area contributed by atoms with Crippen molar-refractivity contribution in [3.63, 3.8) is 0 Å². The third kappa shape index (κ3) is 5.04. The summed E-state index contributed by atoms with van der Waals surface area (Å²) in [6, 6.07) is 9.38. The minimum atomic E-state index is -1.63. The maximum Gasteiger partial charge on any atom is 0.312 e. The van der Waals surface area contributed by atoms with Crippen molar-refractivity contribution in [1.29, 1.82) is 0 Å². The molecule has 6 rings (SSSR count). The summed E-state index contributed by atoms with van der Waals surface area (Å²) in [7, 11) is 0. The largest absolute Gasteiger partial charge is 0.507 e. The van der Waals surface area contributed by atoms with Crippen molar-refractivity contribution in [2.75, 3.05) is 0 Å². The Morgan fingerprint density at radius 3 is 2.09 bits per heavy atom. The summed E-state index contributed by atoms with van der Waals surface area (Å²) >= 11 is 0. The lowest BCUT2D eigenvalue weighted by Crippen LogP contribution is -2.58. The van der Waals surface area contributed by atoms with Crippen LogP contribution in [0.25, 0.3) is 0 Å². The number of carbonyl (C=O) groups is 1. The van der Waals surface area contributed by atoms with Crippen LogP contribution in [0.3, 0.4) is 0 Å². The molecule has 43 heavy (non-hydrogen) atoms. The number of aromatic hydroxyl groups is 5. The number of phenols is 5. The highest BCUT2D eigenvalue weighted by molar-refractivity contribution is 5.80. The smallest absolute Gasteiger partial charge is 0.312 e. The number of hydrogen-bond donors (Lipinski definition) is 8. The van der Waals surface area contributed by atoms with E-state index in [1.165, 1.54) is 49.4 Å². The Labute approximate surface area is 244 Å². The molecule has 3 aromatic rings. The molecule has 0 radical (unpaired) electrons. The molecule has 1 saturated heterocycles. The zero-order valence-corrected chi connectivity index (χ0v) is 22.7. The first kappa shape index (κ1) is 28.8. The first-order valence-corrected chi connectivity index (χ1v) is 13.6. The number of fused-ring (bicyclic) bond motifs is 3. The van der Waals surface area contributed by atoms with Gasteiger partial charge in [-0.1, -0.05) is 12.1 Å². The maximum absolute atomic E-state index is 12.6. The number of rotatable bonds is 4. The molecule has 0 saturated carbocycles. The molecule has 228 valence electrons. The number of hydrogen-bond acceptors (Lipinski definition) is 13. The quantitative estimate of drug-likeness (QED) is 0.122. The number of ether oxygens (including phenoxy) is 4. The topological polar surface area (TPSA) is 216 Å². The molecular formula is C30H30O13. The average molecular weight is 599 g/mol. The van der Waals surface area contributed by atoms with Crippen molar-refractivity contribution >= 4 is 5.97 Å². The van der Waals surface area contributed by atoms with E-state index >= 15 is 0 Å². The van der Waals surface area contributed by atoms with Crippen molar-refractivity contribution in [3.8, 4) is 40.2 Å². The lowest BCUT2D eigenvalue weighted by Gasteiger charge is -2.43. The van der Waals surface area contributed by atoms with E-state index in [2.05, 4.69) is 0 Å². The van der Waals surface area contributed by atoms with E-state index in [9.17, 15) is 45.6 Å². The molecule has 0 aromatic heterocycles. The molecule has 8 N–H and O–H groups in total. The van der Waals surface area contributed by atoms with E-state index in [-0.39, 0.29) is 47.2 Å². The second kappa shape index (κ2) is 10.8. The molecule has 13 heteroatoms. The summed E-state index contributed by atoms with van der Waals surface area (Å²) in [5.74, 6) is -3.02. The molecule has 3 aromatic carbocycles. The summed E-state index contributed by atoms with van der Waals surface area (Å²) in [6.07, 6.45) is -9.16. The molecule has 0 amide bonds. The van der Waals surface area contributed by atoms with Gasteiger partial charge < -0.3 is 59.8 Å². The van der Waals surface area contributed by atoms with Crippen molar-refractivity contribution in [3.05, 3.63) is 64.7 Å². The van der Waals surface area contributed by atoms with E-state index in [1.54, 1.807) is 0 Å². The number of phenolic OH excluding ortho intramolecular Hbond substituents is 5. The van der Waals surface area contributed by atoms with E-state index in [0.717, 1.165) is 0 Å². The standard InChI is InChI=1S/C30H30O13/c1-11-25(37)26(38)27(39)30(40-11)42-22-8-15-18(33)10-21-24(29(15)43-28(22)13-3-5-17(32)20(35)7-13)14(9-23(36)41-21)12-2-4-16(31)19(34)6-12/h2-7,10-11,14,22,25-28,30-35,37-39H,8-9H2,1H3/t11-,14-,22-,25-,26+,27+,28+,30-/m0/s1. The van der Waals surface area contributed by atoms with Gasteiger partial charge in [-0.3, -0.25) is 4.79 Å². The first-order chi connectivity index (χ1) is 20.4. The molecule has 0 unspecified atom stereocenters. The summed E-state index contributed by atoms with van der Waals surface area (Å²) < 4.78 is 23.7. The number of aliphatic hydroxyl groups is 3. The van der Waals surface area contributed by atoms with Crippen LogP contribution in [0, 0.1) is 0 Å². The third-order valence-electron chi connectivity index (χ3n) is 8.14. The molecular weight excluding hydrogens is 568 g/mol. The van der Waals surface area contributed by atoms with Crippen molar-refractivity contribution in [2.45, 2.75) is 68.6 Å². The van der Waals surface area contributed by atoms with Gasteiger partial charge in [0.25, 0.3) is 0 Å². The third-order valence-corrected chi connectivity index (χ3v) is 8.14. The van der Waals surface area contributed by atoms with Crippen LogP contribution in [0.5, 0.6) is 40.2 Å². The van der Waals surface area contributed by atoms with Gasteiger partial charge in [0.2, 0.25) is 0 Å². The highest BCUT2D eigenvalue weighted by Gasteiger charge is 2.47. The molecule has 0 bridgehead atoms. The fraction of sp³-hybridized carbons (Fsp3) is 0.367. The van der Waals surface area contributed by atoms with Gasteiger partial charge >= 0.3 is 5.97 Å². The summed E-state index contributed by atoms with van der Waals surface area (Å²) in [5.41, 5.74) is 1.42. The molecule has 1 fully saturated rings. The summed E-state index contributed by atoms with van der Waals surface area (Å²) in [4.78, 5) is 12.6. The van der Waals surface area contributed by atoms with Crippen LogP contribution in [0.2, 0.25) is 0 Å². The Bertz CT molecular complexity index is 1570. The van der Waals surface area contributed by atoms with Gasteiger partial charge in [0, 0.05) is 29.5 Å². The van der Waals surface area contributed by atoms with E-state index < -0.39 is 66.3 Å². The molecule has 3 aliphatic heterocycles. The van der Waals surface area contributed by atoms with E-state index in [1.807, 2.05) is 0 Å². The molecule has 0 spiro atoms. The van der Waals surface area contributed by atoms with Crippen molar-refractivity contribution < 1.29 is 64.6 Å². The highest BCUT2D eigenvalue weighted by atomic mass is 16.7. The Morgan fingerprint density at radius 2 is 1.42 bits per heavy atom. The summed E-state index contributed by atoms with van der Waals surface area (Å²) in [5, 5.41) is 82.3. The Kier molecular flexibility index (Phi) is 7.22. The Balaban J connectivity index is 1.46. The average Bonchev–Trinajstić information content (AvgIpc) is 2.97. The summed E-state index contributed by atoms with van der Waals surface area (Å²) in [6.45, 7) is 1.50. The zero-order valence-electron chi connectivity index (χ0n) is 22.7. The monoisotopic (exact) mass is 598 g/mol. The van der Waals surface area contributed by atoms with Gasteiger partial charge in [-0.2, -0.15) is 0 Å². The van der Waals surface area contributed by atoms with Gasteiger partial charge in [0.15, 0.2) is 35.4 Å². The molecule has 3 aliphatic rings. The molecule has 13 nitrogen and oxygen atoms in total. The van der Waals surface area contributed by atoms with Crippen LogP contribution in [-0.4, -0.2) is 83.6 Å². The van der Waals surface area contributed by atoms with Crippen LogP contribution < -0.4 is 9.47 Å². The number of carbonyl (C=O) groups excluding carboxylic acids is 1. The number of aliphatic hydroxyl groups excluding tert-OH is 3. The zero-order chi connectivity index (χ0) is 30.7. The lowest BCUT2D eigenvalue weighted by molar-refractivity contribution is -0.310. The fourth-order valence-corrected chi connectivity index (χ4v) is 5.83. The van der Waals surface area contributed by atoms with E-state index in [4.69, 9.17) is 18.9 Å². The van der Waals surface area contributed by atoms with E-state index in [0.29, 0.717) is 16.7 Å². The Hall–Kier alpha value is -4.27. The van der Waals surface area contributed by atoms with Gasteiger partial charge in [-0.25, -0.2) is 0 Å². The minimum Gasteiger partial charge on any atom is -0.507 e. The van der Waals surface area contributed by atoms with Crippen LogP contribution in [-0.2, 0) is 20.7 Å². The van der Waals surface area contributed by atoms with Gasteiger partial charge in [-0.05, 0) is 42.3 Å². The highest BCUT2D eigenvalue weighted by Crippen LogP contribution is 2.53. The normalized spacial score (nSPS) is 30.1. The molecule has 0 aliphatic carbocycles. The van der Waals surface area contributed by atoms with Crippen LogP contribution in [0.15, 0.2) is 42.5 Å². The fourth-order valence-electron chi connectivity index (χ4n) is 5.83. The second-order valence-corrected chi connectivity index (χ2v) is 10.9. The van der Waals surface area contributed by atoms with Gasteiger partial charge in [0.1, 0.15) is 41.7 Å². The first-order valence-electron chi connectivity index (χ1n) is 13.6. The van der Waals surface area contributed by atoms with Gasteiger partial charge in [-0.15, -0.1) is 0 Å². The maximum atomic E-state index is 12.6. The van der Waals surface area contributed by atoms with Crippen molar-refractivity contribution in [2.24, 2.45) is 0 Å². The van der Waals surface area contributed by atoms with Crippen LogP contribution in [0.1, 0.15) is 47.6 Å². The predicted molar refractivity (Wildman–Crippen MR) is 144 cm³/mol. The lowest BCUT2D eigenvalue weighted by atomic mass is 9.82.